The zero-order valence-electron chi connectivity index (χ0n) is 15.4. The average molecular weight is 414 g/mol. The molecule has 0 atom stereocenters. The van der Waals surface area contributed by atoms with Crippen molar-refractivity contribution in [3.05, 3.63) is 54.2 Å². The van der Waals surface area contributed by atoms with Gasteiger partial charge in [0.15, 0.2) is 9.84 Å². The maximum absolute atomic E-state index is 13.1. The first-order valence-electron chi connectivity index (χ1n) is 8.67. The van der Waals surface area contributed by atoms with Crippen LogP contribution in [-0.4, -0.2) is 34.8 Å². The molecule has 0 aliphatic rings. The van der Waals surface area contributed by atoms with Gasteiger partial charge in [-0.25, -0.2) is 13.4 Å². The second-order valence-corrected chi connectivity index (χ2v) is 10.5. The van der Waals surface area contributed by atoms with Gasteiger partial charge in [0.1, 0.15) is 0 Å². The Morgan fingerprint density at radius 3 is 2.75 bits per heavy atom. The van der Waals surface area contributed by atoms with E-state index in [-0.39, 0.29) is 4.90 Å². The molecule has 0 bridgehead atoms. The van der Waals surface area contributed by atoms with E-state index in [2.05, 4.69) is 15.3 Å². The summed E-state index contributed by atoms with van der Waals surface area (Å²) in [7, 11) is -3.77. The molecule has 6 nitrogen and oxygen atoms in total. The number of benzene rings is 2. The summed E-state index contributed by atoms with van der Waals surface area (Å²) in [4.78, 5) is 8.77. The first kappa shape index (κ1) is 18.8. The van der Waals surface area contributed by atoms with Gasteiger partial charge < -0.3 is 10.4 Å². The Kier molecular flexibility index (Phi) is 4.57. The topological polar surface area (TPSA) is 92.2 Å². The molecule has 2 aromatic heterocycles. The van der Waals surface area contributed by atoms with E-state index in [0.717, 1.165) is 21.6 Å². The standard InChI is InChI=1S/C20H19N3O3S2/c1-20(2,11-24)28(25,26)18-5-3-4-14-15(8-9-21-19(14)18)23-13-6-7-17-16(10-13)22-12-27-17/h3-10,12,24H,11H2,1-2H3,(H,21,23). The zero-order chi connectivity index (χ0) is 19.9. The Balaban J connectivity index is 1.83. The predicted octanol–water partition coefficient (Wildman–Crippen LogP) is 4.13. The number of fused-ring (bicyclic) bond motifs is 2. The third-order valence-electron chi connectivity index (χ3n) is 4.74. The SMILES string of the molecule is CC(C)(CO)S(=O)(=O)c1cccc2c(Nc3ccc4scnc4c3)ccnc12. The molecule has 0 saturated heterocycles. The van der Waals surface area contributed by atoms with Crippen molar-refractivity contribution in [1.82, 2.24) is 9.97 Å². The number of aliphatic hydroxyl groups excluding tert-OH is 1. The fourth-order valence-corrected chi connectivity index (χ4v) is 5.05. The lowest BCUT2D eigenvalue weighted by Gasteiger charge is -2.23. The molecule has 0 fully saturated rings. The van der Waals surface area contributed by atoms with Gasteiger partial charge in [-0.2, -0.15) is 0 Å². The first-order valence-corrected chi connectivity index (χ1v) is 11.0. The summed E-state index contributed by atoms with van der Waals surface area (Å²) in [6.45, 7) is 2.54. The first-order chi connectivity index (χ1) is 13.3. The molecule has 4 aromatic rings. The van der Waals surface area contributed by atoms with E-state index < -0.39 is 21.2 Å². The van der Waals surface area contributed by atoms with E-state index in [1.54, 1.807) is 35.2 Å². The maximum Gasteiger partial charge on any atom is 0.187 e. The largest absolute Gasteiger partial charge is 0.395 e. The van der Waals surface area contributed by atoms with Gasteiger partial charge in [-0.3, -0.25) is 4.98 Å². The van der Waals surface area contributed by atoms with Crippen LogP contribution in [0.15, 0.2) is 59.1 Å². The summed E-state index contributed by atoms with van der Waals surface area (Å²) in [6, 6.07) is 12.8. The summed E-state index contributed by atoms with van der Waals surface area (Å²) in [5.74, 6) is 0. The van der Waals surface area contributed by atoms with E-state index in [1.807, 2.05) is 24.3 Å². The number of nitrogens with zero attached hydrogens (tertiary/aromatic N) is 2. The summed E-state index contributed by atoms with van der Waals surface area (Å²) in [5, 5.41) is 13.6. The second-order valence-electron chi connectivity index (χ2n) is 7.09. The summed E-state index contributed by atoms with van der Waals surface area (Å²) < 4.78 is 25.9. The lowest BCUT2D eigenvalue weighted by Crippen LogP contribution is -2.36. The molecule has 0 aliphatic carbocycles. The number of thiazole rings is 1. The highest BCUT2D eigenvalue weighted by Crippen LogP contribution is 2.34. The zero-order valence-corrected chi connectivity index (χ0v) is 17.0. The second kappa shape index (κ2) is 6.80. The van der Waals surface area contributed by atoms with Crippen LogP contribution in [0.5, 0.6) is 0 Å². The maximum atomic E-state index is 13.1. The van der Waals surface area contributed by atoms with Crippen LogP contribution in [-0.2, 0) is 9.84 Å². The summed E-state index contributed by atoms with van der Waals surface area (Å²) >= 11 is 1.58. The molecule has 0 spiro atoms. The minimum Gasteiger partial charge on any atom is -0.395 e. The van der Waals surface area contributed by atoms with Gasteiger partial charge in [-0.05, 0) is 44.2 Å². The van der Waals surface area contributed by atoms with Gasteiger partial charge in [-0.1, -0.05) is 12.1 Å². The van der Waals surface area contributed by atoms with Gasteiger partial charge >= 0.3 is 0 Å². The molecule has 0 aliphatic heterocycles. The van der Waals surface area contributed by atoms with Crippen molar-refractivity contribution in [2.45, 2.75) is 23.5 Å². The van der Waals surface area contributed by atoms with Gasteiger partial charge in [0.2, 0.25) is 0 Å². The fraction of sp³-hybridized carbons (Fsp3) is 0.200. The molecular formula is C20H19N3O3S2. The van der Waals surface area contributed by atoms with Crippen LogP contribution in [0.25, 0.3) is 21.1 Å². The van der Waals surface area contributed by atoms with E-state index in [0.29, 0.717) is 10.9 Å². The van der Waals surface area contributed by atoms with Crippen molar-refractivity contribution in [2.24, 2.45) is 0 Å². The van der Waals surface area contributed by atoms with Crippen molar-refractivity contribution in [1.29, 1.82) is 0 Å². The predicted molar refractivity (Wildman–Crippen MR) is 113 cm³/mol. The number of aliphatic hydroxyl groups is 1. The minimum atomic E-state index is -3.77. The minimum absolute atomic E-state index is 0.114. The Morgan fingerprint density at radius 1 is 1.14 bits per heavy atom. The third-order valence-corrected chi connectivity index (χ3v) is 8.04. The van der Waals surface area contributed by atoms with Crippen molar-refractivity contribution in [3.63, 3.8) is 0 Å². The number of aromatic nitrogens is 2. The number of pyridine rings is 1. The van der Waals surface area contributed by atoms with E-state index in [1.165, 1.54) is 19.9 Å². The lowest BCUT2D eigenvalue weighted by molar-refractivity contribution is 0.258. The molecule has 0 amide bonds. The normalized spacial score (nSPS) is 12.5. The molecule has 2 N–H and O–H groups in total. The highest BCUT2D eigenvalue weighted by atomic mass is 32.2. The highest BCUT2D eigenvalue weighted by molar-refractivity contribution is 7.93. The molecule has 4 rings (SSSR count). The lowest BCUT2D eigenvalue weighted by atomic mass is 10.1. The molecular weight excluding hydrogens is 394 g/mol. The van der Waals surface area contributed by atoms with Crippen LogP contribution in [0.3, 0.4) is 0 Å². The number of hydrogen-bond acceptors (Lipinski definition) is 7. The molecule has 0 radical (unpaired) electrons. The molecule has 0 unspecified atom stereocenters. The molecule has 2 aromatic carbocycles. The number of rotatable bonds is 5. The van der Waals surface area contributed by atoms with Gasteiger partial charge in [0, 0.05) is 23.0 Å². The van der Waals surface area contributed by atoms with E-state index >= 15 is 0 Å². The highest BCUT2D eigenvalue weighted by Gasteiger charge is 2.36. The van der Waals surface area contributed by atoms with E-state index in [9.17, 15) is 13.5 Å². The number of para-hydroxylation sites is 1. The Hall–Kier alpha value is -2.55. The van der Waals surface area contributed by atoms with Crippen LogP contribution >= 0.6 is 11.3 Å². The van der Waals surface area contributed by atoms with Crippen molar-refractivity contribution in [2.75, 3.05) is 11.9 Å². The van der Waals surface area contributed by atoms with Crippen molar-refractivity contribution >= 4 is 53.7 Å². The summed E-state index contributed by atoms with van der Waals surface area (Å²) in [5.41, 5.74) is 4.69. The van der Waals surface area contributed by atoms with E-state index in [4.69, 9.17) is 0 Å². The van der Waals surface area contributed by atoms with Crippen LogP contribution in [0.4, 0.5) is 11.4 Å². The molecule has 8 heteroatoms. The Morgan fingerprint density at radius 2 is 1.96 bits per heavy atom. The number of anilines is 2. The van der Waals surface area contributed by atoms with Crippen molar-refractivity contribution in [3.8, 4) is 0 Å². The number of sulfone groups is 1. The quantitative estimate of drug-likeness (QED) is 0.511. The van der Waals surface area contributed by atoms with Crippen LogP contribution < -0.4 is 5.32 Å². The van der Waals surface area contributed by atoms with Crippen LogP contribution in [0.1, 0.15) is 13.8 Å². The average Bonchev–Trinajstić information content (AvgIpc) is 3.15. The molecule has 0 saturated carbocycles. The molecule has 28 heavy (non-hydrogen) atoms. The summed E-state index contributed by atoms with van der Waals surface area (Å²) in [6.07, 6.45) is 1.58. The van der Waals surface area contributed by atoms with Gasteiger partial charge in [-0.15, -0.1) is 11.3 Å². The number of hydrogen-bond donors (Lipinski definition) is 2. The van der Waals surface area contributed by atoms with Crippen molar-refractivity contribution < 1.29 is 13.5 Å². The molecule has 2 heterocycles. The smallest absolute Gasteiger partial charge is 0.187 e. The number of nitrogens with one attached hydrogen (secondary N) is 1. The fourth-order valence-electron chi connectivity index (χ4n) is 2.95. The third kappa shape index (κ3) is 3.03. The van der Waals surface area contributed by atoms with Crippen LogP contribution in [0, 0.1) is 0 Å². The van der Waals surface area contributed by atoms with Gasteiger partial charge in [0.05, 0.1) is 37.5 Å². The monoisotopic (exact) mass is 413 g/mol. The van der Waals surface area contributed by atoms with Crippen LogP contribution in [0.2, 0.25) is 0 Å². The van der Waals surface area contributed by atoms with Gasteiger partial charge in [0.25, 0.3) is 0 Å². The molecule has 144 valence electrons. The Labute approximate surface area is 166 Å². The Bertz CT molecular complexity index is 1280.